The molecule has 0 spiro atoms. The quantitative estimate of drug-likeness (QED) is 0.375. The molecule has 10 nitrogen and oxygen atoms in total. The standard InChI is InChI=1S/C26H39N7O3/c1-17-10-11-19-18(14-17)22(32-23(29-19)24(34)28-15-26(2,3)16-35-4)30-20-8-5-6-9-21(20)31-25(27)33-12-7-13-36-33/h10-11,14,20-21H,5-9,12-13,15-16H2,1-4H3,(H2,27,31)(H,28,34)(H,29,30,32)/t20-,21+/m0/s1. The molecule has 4 N–H and O–H groups in total. The predicted octanol–water partition coefficient (Wildman–Crippen LogP) is 3.02. The van der Waals surface area contributed by atoms with E-state index in [1.165, 1.54) is 0 Å². The Bertz CT molecular complexity index is 1100. The largest absolute Gasteiger partial charge is 0.384 e. The zero-order chi connectivity index (χ0) is 25.7. The van der Waals surface area contributed by atoms with E-state index in [-0.39, 0.29) is 29.2 Å². The van der Waals surface area contributed by atoms with Crippen LogP contribution in [-0.4, -0.2) is 72.4 Å². The molecular weight excluding hydrogens is 458 g/mol. The van der Waals surface area contributed by atoms with Crippen molar-refractivity contribution in [2.24, 2.45) is 16.1 Å². The molecule has 196 valence electrons. The highest BCUT2D eigenvalue weighted by atomic mass is 16.7. The van der Waals surface area contributed by atoms with Crippen molar-refractivity contribution in [3.63, 3.8) is 0 Å². The van der Waals surface area contributed by atoms with Crippen molar-refractivity contribution < 1.29 is 14.4 Å². The molecule has 2 fully saturated rings. The van der Waals surface area contributed by atoms with Gasteiger partial charge in [-0.3, -0.25) is 9.63 Å². The second-order valence-electron chi connectivity index (χ2n) is 10.6. The fourth-order valence-corrected chi connectivity index (χ4v) is 4.77. The molecule has 1 saturated heterocycles. The van der Waals surface area contributed by atoms with E-state index < -0.39 is 0 Å². The number of amides is 1. The maximum Gasteiger partial charge on any atom is 0.289 e. The van der Waals surface area contributed by atoms with Gasteiger partial charge in [0.2, 0.25) is 11.8 Å². The molecule has 1 aliphatic carbocycles. The molecule has 2 aromatic rings. The SMILES string of the molecule is COCC(C)(C)CNC(=O)c1nc(N[C@H]2CCCC[C@H]2N=C(N)N2CCCO2)c2cc(C)ccc2n1. The van der Waals surface area contributed by atoms with Crippen molar-refractivity contribution in [3.8, 4) is 0 Å². The second-order valence-corrected chi connectivity index (χ2v) is 10.6. The van der Waals surface area contributed by atoms with Gasteiger partial charge in [0.05, 0.1) is 37.4 Å². The number of hydrogen-bond donors (Lipinski definition) is 3. The Balaban J connectivity index is 1.60. The minimum Gasteiger partial charge on any atom is -0.384 e. The van der Waals surface area contributed by atoms with Crippen LogP contribution in [0.4, 0.5) is 5.82 Å². The number of nitrogens with zero attached hydrogens (tertiary/aromatic N) is 4. The number of hydrogen-bond acceptors (Lipinski definition) is 7. The molecule has 1 aromatic heterocycles. The Labute approximate surface area is 213 Å². The fourth-order valence-electron chi connectivity index (χ4n) is 4.77. The number of benzene rings is 1. The summed E-state index contributed by atoms with van der Waals surface area (Å²) in [6.07, 6.45) is 4.99. The number of aryl methyl sites for hydroxylation is 1. The van der Waals surface area contributed by atoms with Gasteiger partial charge in [-0.05, 0) is 38.3 Å². The van der Waals surface area contributed by atoms with Gasteiger partial charge in [-0.1, -0.05) is 38.3 Å². The van der Waals surface area contributed by atoms with E-state index in [0.29, 0.717) is 31.5 Å². The van der Waals surface area contributed by atoms with Gasteiger partial charge >= 0.3 is 0 Å². The summed E-state index contributed by atoms with van der Waals surface area (Å²) in [6, 6.07) is 6.00. The van der Waals surface area contributed by atoms with Gasteiger partial charge < -0.3 is 21.1 Å². The molecule has 1 amide bonds. The Morgan fingerprint density at radius 2 is 2.08 bits per heavy atom. The van der Waals surface area contributed by atoms with Gasteiger partial charge in [0.25, 0.3) is 5.91 Å². The first-order chi connectivity index (χ1) is 17.3. The predicted molar refractivity (Wildman–Crippen MR) is 141 cm³/mol. The highest BCUT2D eigenvalue weighted by Crippen LogP contribution is 2.28. The summed E-state index contributed by atoms with van der Waals surface area (Å²) in [5.74, 6) is 0.905. The molecule has 2 aliphatic rings. The third-order valence-electron chi connectivity index (χ3n) is 6.67. The summed E-state index contributed by atoms with van der Waals surface area (Å²) in [7, 11) is 1.66. The van der Waals surface area contributed by atoms with E-state index in [0.717, 1.165) is 55.1 Å². The first-order valence-electron chi connectivity index (χ1n) is 12.8. The van der Waals surface area contributed by atoms with E-state index in [2.05, 4.69) is 21.7 Å². The van der Waals surface area contributed by atoms with Crippen LogP contribution in [0.2, 0.25) is 0 Å². The number of ether oxygens (including phenoxy) is 1. The van der Waals surface area contributed by atoms with Crippen LogP contribution in [0.1, 0.15) is 62.1 Å². The van der Waals surface area contributed by atoms with Gasteiger partial charge in [-0.25, -0.2) is 20.0 Å². The molecule has 1 aromatic carbocycles. The molecule has 0 unspecified atom stereocenters. The first kappa shape index (κ1) is 26.1. The number of fused-ring (bicyclic) bond motifs is 1. The van der Waals surface area contributed by atoms with E-state index in [1.807, 2.05) is 32.9 Å². The summed E-state index contributed by atoms with van der Waals surface area (Å²) in [5.41, 5.74) is 7.88. The summed E-state index contributed by atoms with van der Waals surface area (Å²) in [5, 5.41) is 9.15. The van der Waals surface area contributed by atoms with Crippen LogP contribution in [0.25, 0.3) is 10.9 Å². The Kier molecular flexibility index (Phi) is 8.25. The van der Waals surface area contributed by atoms with Crippen LogP contribution in [-0.2, 0) is 9.57 Å². The number of guanidine groups is 1. The zero-order valence-corrected chi connectivity index (χ0v) is 21.8. The minimum atomic E-state index is -0.307. The van der Waals surface area contributed by atoms with Gasteiger partial charge in [0.15, 0.2) is 0 Å². The third kappa shape index (κ3) is 6.41. The Morgan fingerprint density at radius 1 is 1.28 bits per heavy atom. The van der Waals surface area contributed by atoms with E-state index in [1.54, 1.807) is 12.2 Å². The first-order valence-corrected chi connectivity index (χ1v) is 12.8. The number of carbonyl (C=O) groups is 1. The lowest BCUT2D eigenvalue weighted by Crippen LogP contribution is -2.41. The van der Waals surface area contributed by atoms with Crippen molar-refractivity contribution in [1.29, 1.82) is 0 Å². The number of hydroxylamine groups is 2. The van der Waals surface area contributed by atoms with Gasteiger partial charge in [-0.15, -0.1) is 0 Å². The molecule has 0 bridgehead atoms. The van der Waals surface area contributed by atoms with Crippen LogP contribution in [0, 0.1) is 12.3 Å². The number of rotatable bonds is 8. The van der Waals surface area contributed by atoms with Crippen molar-refractivity contribution >= 4 is 28.6 Å². The maximum absolute atomic E-state index is 13.0. The normalized spacial score (nSPS) is 21.1. The Hall–Kier alpha value is -2.98. The number of aromatic nitrogens is 2. The number of carbonyl (C=O) groups excluding carboxylic acids is 1. The van der Waals surface area contributed by atoms with E-state index in [9.17, 15) is 4.79 Å². The van der Waals surface area contributed by atoms with Crippen molar-refractivity contribution in [1.82, 2.24) is 20.3 Å². The lowest BCUT2D eigenvalue weighted by molar-refractivity contribution is -0.0456. The summed E-state index contributed by atoms with van der Waals surface area (Å²) < 4.78 is 5.26. The van der Waals surface area contributed by atoms with E-state index in [4.69, 9.17) is 25.3 Å². The number of anilines is 1. The molecule has 1 aliphatic heterocycles. The molecule has 0 radical (unpaired) electrons. The maximum atomic E-state index is 13.0. The number of methoxy groups -OCH3 is 1. The summed E-state index contributed by atoms with van der Waals surface area (Å²) >= 11 is 0. The lowest BCUT2D eigenvalue weighted by atomic mass is 9.90. The van der Waals surface area contributed by atoms with Crippen LogP contribution >= 0.6 is 0 Å². The fraction of sp³-hybridized carbons (Fsp3) is 0.615. The average Bonchev–Trinajstić information content (AvgIpc) is 3.39. The van der Waals surface area contributed by atoms with Gasteiger partial charge in [0.1, 0.15) is 5.82 Å². The molecule has 36 heavy (non-hydrogen) atoms. The molecule has 2 heterocycles. The van der Waals surface area contributed by atoms with Gasteiger partial charge in [0, 0.05) is 24.5 Å². The van der Waals surface area contributed by atoms with E-state index >= 15 is 0 Å². The zero-order valence-electron chi connectivity index (χ0n) is 21.8. The van der Waals surface area contributed by atoms with Crippen molar-refractivity contribution in [2.45, 2.75) is 65.0 Å². The molecular formula is C26H39N7O3. The summed E-state index contributed by atoms with van der Waals surface area (Å²) in [6.45, 7) is 8.53. The smallest absolute Gasteiger partial charge is 0.289 e. The topological polar surface area (TPSA) is 127 Å². The van der Waals surface area contributed by atoms with Crippen LogP contribution in [0.15, 0.2) is 23.2 Å². The lowest BCUT2D eigenvalue weighted by Gasteiger charge is -2.31. The van der Waals surface area contributed by atoms with Crippen LogP contribution < -0.4 is 16.4 Å². The van der Waals surface area contributed by atoms with Crippen LogP contribution in [0.3, 0.4) is 0 Å². The average molecular weight is 498 g/mol. The minimum absolute atomic E-state index is 0.00936. The second kappa shape index (κ2) is 11.4. The number of aliphatic imine (C=N–C) groups is 1. The molecule has 2 atom stereocenters. The molecule has 10 heteroatoms. The Morgan fingerprint density at radius 3 is 2.83 bits per heavy atom. The highest BCUT2D eigenvalue weighted by Gasteiger charge is 2.28. The highest BCUT2D eigenvalue weighted by molar-refractivity contribution is 5.96. The van der Waals surface area contributed by atoms with Crippen molar-refractivity contribution in [3.05, 3.63) is 29.6 Å². The molecule has 1 saturated carbocycles. The molecule has 4 rings (SSSR count). The third-order valence-corrected chi connectivity index (χ3v) is 6.67. The monoisotopic (exact) mass is 497 g/mol. The van der Waals surface area contributed by atoms with Crippen molar-refractivity contribution in [2.75, 3.05) is 38.7 Å². The number of nitrogens with two attached hydrogens (primary N) is 1. The van der Waals surface area contributed by atoms with Gasteiger partial charge in [-0.2, -0.15) is 0 Å². The number of nitrogens with one attached hydrogen (secondary N) is 2. The summed E-state index contributed by atoms with van der Waals surface area (Å²) in [4.78, 5) is 32.7. The van der Waals surface area contributed by atoms with Crippen LogP contribution in [0.5, 0.6) is 0 Å².